The highest BCUT2D eigenvalue weighted by Crippen LogP contribution is 2.32. The molecule has 8 heteroatoms. The zero-order valence-electron chi connectivity index (χ0n) is 15.0. The minimum Gasteiger partial charge on any atom is -0.324 e. The van der Waals surface area contributed by atoms with Crippen LogP contribution in [0.15, 0.2) is 32.8 Å². The van der Waals surface area contributed by atoms with Gasteiger partial charge in [-0.1, -0.05) is 23.4 Å². The fourth-order valence-corrected chi connectivity index (χ4v) is 4.52. The molecular formula is C18H19ClN4OS2. The topological polar surface area (TPSA) is 59.8 Å². The largest absolute Gasteiger partial charge is 0.324 e. The number of hydrogen-bond acceptors (Lipinski definition) is 5. The molecular weight excluding hydrogens is 388 g/mol. The number of aromatic nitrogens is 3. The van der Waals surface area contributed by atoms with Crippen molar-refractivity contribution in [2.45, 2.75) is 43.5 Å². The first kappa shape index (κ1) is 18.9. The molecule has 1 aromatic carbocycles. The molecule has 1 amide bonds. The van der Waals surface area contributed by atoms with Gasteiger partial charge in [0.25, 0.3) is 0 Å². The first-order valence-corrected chi connectivity index (χ1v) is 10.1. The molecule has 0 aliphatic heterocycles. The maximum Gasteiger partial charge on any atom is 0.246 e. The van der Waals surface area contributed by atoms with Gasteiger partial charge in [0.15, 0.2) is 4.34 Å². The van der Waals surface area contributed by atoms with E-state index < -0.39 is 0 Å². The fraction of sp³-hybridized carbons (Fsp3) is 0.278. The highest BCUT2D eigenvalue weighted by Gasteiger charge is 2.13. The van der Waals surface area contributed by atoms with Crippen LogP contribution >= 0.6 is 34.7 Å². The third-order valence-corrected chi connectivity index (χ3v) is 6.45. The van der Waals surface area contributed by atoms with Gasteiger partial charge in [-0.25, -0.2) is 4.98 Å². The molecule has 0 saturated carbocycles. The molecule has 3 aromatic rings. The van der Waals surface area contributed by atoms with Crippen LogP contribution in [0.5, 0.6) is 0 Å². The summed E-state index contributed by atoms with van der Waals surface area (Å²) >= 11 is 9.39. The van der Waals surface area contributed by atoms with Crippen LogP contribution in [0.2, 0.25) is 5.02 Å². The van der Waals surface area contributed by atoms with Gasteiger partial charge in [0.2, 0.25) is 5.91 Å². The van der Waals surface area contributed by atoms with Crippen LogP contribution in [0, 0.1) is 27.7 Å². The number of rotatable bonds is 5. The van der Waals surface area contributed by atoms with Crippen molar-refractivity contribution in [3.05, 3.63) is 51.2 Å². The number of aryl methyl sites for hydroxylation is 3. The number of halogens is 1. The Morgan fingerprint density at radius 1 is 1.31 bits per heavy atom. The summed E-state index contributed by atoms with van der Waals surface area (Å²) in [5, 5.41) is 9.88. The highest BCUT2D eigenvalue weighted by atomic mass is 35.5. The smallest absolute Gasteiger partial charge is 0.246 e. The monoisotopic (exact) mass is 406 g/mol. The Bertz CT molecular complexity index is 964. The Morgan fingerprint density at radius 2 is 2.08 bits per heavy atom. The lowest BCUT2D eigenvalue weighted by Crippen LogP contribution is -2.20. The molecule has 5 nitrogen and oxygen atoms in total. The third-order valence-electron chi connectivity index (χ3n) is 3.86. The van der Waals surface area contributed by atoms with Crippen molar-refractivity contribution in [3.63, 3.8) is 0 Å². The first-order valence-electron chi connectivity index (χ1n) is 8.03. The molecule has 2 aromatic heterocycles. The fourth-order valence-electron chi connectivity index (χ4n) is 2.47. The van der Waals surface area contributed by atoms with Crippen LogP contribution in [0.25, 0.3) is 0 Å². The molecule has 1 N–H and O–H groups in total. The third kappa shape index (κ3) is 4.28. The minimum absolute atomic E-state index is 0.133. The molecule has 2 heterocycles. The van der Waals surface area contributed by atoms with E-state index in [1.54, 1.807) is 27.8 Å². The molecule has 136 valence electrons. The zero-order chi connectivity index (χ0) is 18.8. The molecule has 0 unspecified atom stereocenters. The quantitative estimate of drug-likeness (QED) is 0.646. The molecule has 0 atom stereocenters. The minimum atomic E-state index is -0.133. The standard InChI is InChI=1S/C18H19ClN4OS2/c1-10-7-14(26-18-20-11(2)9-25-18)5-6-15(10)21-16(24)8-23-13(4)17(19)12(3)22-23/h5-7,9H,8H2,1-4H3,(H,21,24). The molecule has 0 saturated heterocycles. The van der Waals surface area contributed by atoms with E-state index in [1.807, 2.05) is 45.2 Å². The van der Waals surface area contributed by atoms with Gasteiger partial charge in [-0.3, -0.25) is 9.48 Å². The molecule has 0 spiro atoms. The second kappa shape index (κ2) is 7.82. The van der Waals surface area contributed by atoms with Crippen LogP contribution < -0.4 is 5.32 Å². The summed E-state index contributed by atoms with van der Waals surface area (Å²) in [5.41, 5.74) is 4.35. The van der Waals surface area contributed by atoms with Crippen molar-refractivity contribution < 1.29 is 4.79 Å². The van der Waals surface area contributed by atoms with Gasteiger partial charge in [0, 0.05) is 21.7 Å². The molecule has 0 aliphatic carbocycles. The number of anilines is 1. The summed E-state index contributed by atoms with van der Waals surface area (Å²) in [6.45, 7) is 7.78. The number of nitrogens with zero attached hydrogens (tertiary/aromatic N) is 3. The Morgan fingerprint density at radius 3 is 2.65 bits per heavy atom. The maximum atomic E-state index is 12.4. The van der Waals surface area contributed by atoms with Gasteiger partial charge in [-0.15, -0.1) is 11.3 Å². The summed E-state index contributed by atoms with van der Waals surface area (Å²) in [5.74, 6) is -0.133. The summed E-state index contributed by atoms with van der Waals surface area (Å²) in [6, 6.07) is 5.96. The molecule has 0 fully saturated rings. The van der Waals surface area contributed by atoms with E-state index in [4.69, 9.17) is 11.6 Å². The second-order valence-corrected chi connectivity index (χ2v) is 8.58. The normalized spacial score (nSPS) is 11.0. The number of carbonyl (C=O) groups excluding carboxylic acids is 1. The Kier molecular flexibility index (Phi) is 5.70. The van der Waals surface area contributed by atoms with Crippen LogP contribution in [-0.2, 0) is 11.3 Å². The van der Waals surface area contributed by atoms with E-state index in [9.17, 15) is 4.79 Å². The average Bonchev–Trinajstić information content (AvgIpc) is 3.09. The lowest BCUT2D eigenvalue weighted by molar-refractivity contribution is -0.116. The van der Waals surface area contributed by atoms with E-state index in [0.29, 0.717) is 5.02 Å². The number of carbonyl (C=O) groups is 1. The number of thiazole rings is 1. The second-order valence-electron chi connectivity index (χ2n) is 6.02. The molecule has 0 bridgehead atoms. The SMILES string of the molecule is Cc1csc(Sc2ccc(NC(=O)Cn3nc(C)c(Cl)c3C)c(C)c2)n1. The highest BCUT2D eigenvalue weighted by molar-refractivity contribution is 8.01. The average molecular weight is 407 g/mol. The van der Waals surface area contributed by atoms with E-state index in [-0.39, 0.29) is 12.5 Å². The van der Waals surface area contributed by atoms with Crippen molar-refractivity contribution in [3.8, 4) is 0 Å². The number of benzene rings is 1. The van der Waals surface area contributed by atoms with Crippen molar-refractivity contribution in [2.24, 2.45) is 0 Å². The van der Waals surface area contributed by atoms with Crippen molar-refractivity contribution >= 4 is 46.3 Å². The van der Waals surface area contributed by atoms with E-state index in [1.165, 1.54) is 0 Å². The van der Waals surface area contributed by atoms with E-state index in [2.05, 4.69) is 21.5 Å². The lowest BCUT2D eigenvalue weighted by atomic mass is 10.2. The maximum absolute atomic E-state index is 12.4. The van der Waals surface area contributed by atoms with E-state index in [0.717, 1.165) is 37.6 Å². The van der Waals surface area contributed by atoms with Gasteiger partial charge in [0.1, 0.15) is 6.54 Å². The van der Waals surface area contributed by atoms with E-state index >= 15 is 0 Å². The predicted molar refractivity (Wildman–Crippen MR) is 107 cm³/mol. The lowest BCUT2D eigenvalue weighted by Gasteiger charge is -2.10. The van der Waals surface area contributed by atoms with Crippen molar-refractivity contribution in [1.82, 2.24) is 14.8 Å². The number of hydrogen-bond donors (Lipinski definition) is 1. The molecule has 3 rings (SSSR count). The zero-order valence-corrected chi connectivity index (χ0v) is 17.3. The Balaban J connectivity index is 1.67. The van der Waals surface area contributed by atoms with Crippen LogP contribution in [0.1, 0.15) is 22.6 Å². The van der Waals surface area contributed by atoms with Crippen LogP contribution in [0.4, 0.5) is 5.69 Å². The van der Waals surface area contributed by atoms with Crippen LogP contribution in [0.3, 0.4) is 0 Å². The van der Waals surface area contributed by atoms with Gasteiger partial charge < -0.3 is 5.32 Å². The van der Waals surface area contributed by atoms with Crippen molar-refractivity contribution in [1.29, 1.82) is 0 Å². The summed E-state index contributed by atoms with van der Waals surface area (Å²) in [7, 11) is 0. The van der Waals surface area contributed by atoms with Crippen molar-refractivity contribution in [2.75, 3.05) is 5.32 Å². The molecule has 0 aliphatic rings. The Labute approximate surface area is 165 Å². The van der Waals surface area contributed by atoms with Gasteiger partial charge >= 0.3 is 0 Å². The first-order chi connectivity index (χ1) is 12.3. The molecule has 0 radical (unpaired) electrons. The summed E-state index contributed by atoms with van der Waals surface area (Å²) in [6.07, 6.45) is 0. The van der Waals surface area contributed by atoms with Gasteiger partial charge in [-0.05, 0) is 51.5 Å². The molecule has 26 heavy (non-hydrogen) atoms. The van der Waals surface area contributed by atoms with Crippen LogP contribution in [-0.4, -0.2) is 20.7 Å². The Hall–Kier alpha value is -1.83. The predicted octanol–water partition coefficient (Wildman–Crippen LogP) is 5.02. The number of nitrogens with one attached hydrogen (secondary N) is 1. The summed E-state index contributed by atoms with van der Waals surface area (Å²) < 4.78 is 2.64. The van der Waals surface area contributed by atoms with Gasteiger partial charge in [-0.2, -0.15) is 5.10 Å². The number of amides is 1. The summed E-state index contributed by atoms with van der Waals surface area (Å²) in [4.78, 5) is 17.9. The van der Waals surface area contributed by atoms with Gasteiger partial charge in [0.05, 0.1) is 16.4 Å².